The lowest BCUT2D eigenvalue weighted by Crippen LogP contribution is -2.26. The summed E-state index contributed by atoms with van der Waals surface area (Å²) in [7, 11) is 1.66. The number of aryl methyl sites for hydroxylation is 3. The Hall–Kier alpha value is -1.89. The lowest BCUT2D eigenvalue weighted by molar-refractivity contribution is -0.121. The SMILES string of the molecule is CCn1nc(C)c2c1cnn2CCC(=O)NCCCOC. The zero-order valence-electron chi connectivity index (χ0n) is 12.9. The van der Waals surface area contributed by atoms with Crippen LogP contribution in [0.2, 0.25) is 0 Å². The van der Waals surface area contributed by atoms with Gasteiger partial charge in [0.1, 0.15) is 11.0 Å². The Morgan fingerprint density at radius 3 is 2.95 bits per heavy atom. The summed E-state index contributed by atoms with van der Waals surface area (Å²) in [6, 6.07) is 0. The fourth-order valence-corrected chi connectivity index (χ4v) is 2.37. The summed E-state index contributed by atoms with van der Waals surface area (Å²) >= 11 is 0. The van der Waals surface area contributed by atoms with E-state index in [1.165, 1.54) is 0 Å². The van der Waals surface area contributed by atoms with Gasteiger partial charge in [0.2, 0.25) is 5.91 Å². The van der Waals surface area contributed by atoms with E-state index < -0.39 is 0 Å². The Labute approximate surface area is 124 Å². The van der Waals surface area contributed by atoms with Crippen LogP contribution in [0.3, 0.4) is 0 Å². The molecule has 2 aromatic rings. The van der Waals surface area contributed by atoms with E-state index in [4.69, 9.17) is 4.74 Å². The smallest absolute Gasteiger partial charge is 0.221 e. The van der Waals surface area contributed by atoms with Crippen molar-refractivity contribution in [2.24, 2.45) is 0 Å². The molecule has 7 heteroatoms. The van der Waals surface area contributed by atoms with Crippen LogP contribution in [0.25, 0.3) is 11.0 Å². The second-order valence-electron chi connectivity index (χ2n) is 4.95. The number of methoxy groups -OCH3 is 1. The molecule has 2 heterocycles. The number of ether oxygens (including phenoxy) is 1. The molecule has 0 spiro atoms. The van der Waals surface area contributed by atoms with Crippen molar-refractivity contribution in [2.75, 3.05) is 20.3 Å². The molecule has 2 rings (SSSR count). The maximum Gasteiger partial charge on any atom is 0.221 e. The van der Waals surface area contributed by atoms with Crippen LogP contribution in [0.1, 0.15) is 25.5 Å². The topological polar surface area (TPSA) is 74.0 Å². The maximum absolute atomic E-state index is 11.8. The minimum atomic E-state index is 0.0373. The molecule has 0 aliphatic rings. The van der Waals surface area contributed by atoms with E-state index >= 15 is 0 Å². The first-order valence-electron chi connectivity index (χ1n) is 7.32. The number of hydrogen-bond donors (Lipinski definition) is 1. The predicted octanol–water partition coefficient (Wildman–Crippen LogP) is 1.10. The van der Waals surface area contributed by atoms with E-state index in [-0.39, 0.29) is 5.91 Å². The number of nitrogens with zero attached hydrogens (tertiary/aromatic N) is 4. The van der Waals surface area contributed by atoms with E-state index in [0.717, 1.165) is 29.7 Å². The van der Waals surface area contributed by atoms with Gasteiger partial charge in [-0.05, 0) is 20.3 Å². The number of hydrogen-bond acceptors (Lipinski definition) is 4. The van der Waals surface area contributed by atoms with Crippen molar-refractivity contribution in [2.45, 2.75) is 39.8 Å². The largest absolute Gasteiger partial charge is 0.385 e. The predicted molar refractivity (Wildman–Crippen MR) is 80.0 cm³/mol. The summed E-state index contributed by atoms with van der Waals surface area (Å²) in [6.07, 6.45) is 3.06. The van der Waals surface area contributed by atoms with E-state index in [1.54, 1.807) is 7.11 Å². The molecule has 2 aromatic heterocycles. The number of amides is 1. The summed E-state index contributed by atoms with van der Waals surface area (Å²) in [4.78, 5) is 11.8. The third-order valence-corrected chi connectivity index (χ3v) is 3.41. The Balaban J connectivity index is 1.91. The molecule has 0 saturated carbocycles. The molecule has 7 nitrogen and oxygen atoms in total. The highest BCUT2D eigenvalue weighted by molar-refractivity contribution is 5.78. The van der Waals surface area contributed by atoms with Crippen molar-refractivity contribution < 1.29 is 9.53 Å². The first kappa shape index (κ1) is 15.5. The van der Waals surface area contributed by atoms with Crippen molar-refractivity contribution in [3.05, 3.63) is 11.9 Å². The van der Waals surface area contributed by atoms with Crippen LogP contribution in [0.5, 0.6) is 0 Å². The molecule has 116 valence electrons. The van der Waals surface area contributed by atoms with E-state index in [1.807, 2.05) is 22.5 Å². The Morgan fingerprint density at radius 1 is 1.43 bits per heavy atom. The minimum Gasteiger partial charge on any atom is -0.385 e. The molecular weight excluding hydrogens is 270 g/mol. The fraction of sp³-hybridized carbons (Fsp3) is 0.643. The van der Waals surface area contributed by atoms with Gasteiger partial charge in [0.25, 0.3) is 0 Å². The number of nitrogens with one attached hydrogen (secondary N) is 1. The van der Waals surface area contributed by atoms with Crippen molar-refractivity contribution >= 4 is 16.9 Å². The summed E-state index contributed by atoms with van der Waals surface area (Å²) in [5, 5.41) is 11.7. The van der Waals surface area contributed by atoms with Crippen LogP contribution in [-0.2, 0) is 22.6 Å². The van der Waals surface area contributed by atoms with E-state index in [2.05, 4.69) is 22.4 Å². The van der Waals surface area contributed by atoms with Gasteiger partial charge in [0.05, 0.1) is 18.4 Å². The molecule has 0 bridgehead atoms. The summed E-state index contributed by atoms with van der Waals surface area (Å²) < 4.78 is 8.73. The standard InChI is InChI=1S/C14H23N5O2/c1-4-18-12-10-16-19(14(12)11(2)17-18)8-6-13(20)15-7-5-9-21-3/h10H,4-9H2,1-3H3,(H,15,20). The molecule has 0 atom stereocenters. The Bertz CT molecular complexity index is 602. The minimum absolute atomic E-state index is 0.0373. The lowest BCUT2D eigenvalue weighted by atomic mass is 10.3. The van der Waals surface area contributed by atoms with Crippen molar-refractivity contribution in [3.8, 4) is 0 Å². The maximum atomic E-state index is 11.8. The summed E-state index contributed by atoms with van der Waals surface area (Å²) in [6.45, 7) is 6.71. The number of fused-ring (bicyclic) bond motifs is 1. The second-order valence-corrected chi connectivity index (χ2v) is 4.95. The van der Waals surface area contributed by atoms with Gasteiger partial charge in [0, 0.05) is 33.2 Å². The molecule has 0 saturated heterocycles. The van der Waals surface area contributed by atoms with Crippen molar-refractivity contribution in [3.63, 3.8) is 0 Å². The molecule has 0 aromatic carbocycles. The highest BCUT2D eigenvalue weighted by atomic mass is 16.5. The fourth-order valence-electron chi connectivity index (χ4n) is 2.37. The average molecular weight is 293 g/mol. The van der Waals surface area contributed by atoms with Crippen molar-refractivity contribution in [1.29, 1.82) is 0 Å². The van der Waals surface area contributed by atoms with Crippen LogP contribution in [0, 0.1) is 6.92 Å². The van der Waals surface area contributed by atoms with Gasteiger partial charge in [-0.25, -0.2) is 0 Å². The monoisotopic (exact) mass is 293 g/mol. The van der Waals surface area contributed by atoms with Gasteiger partial charge >= 0.3 is 0 Å². The van der Waals surface area contributed by atoms with Crippen LogP contribution < -0.4 is 5.32 Å². The number of aromatic nitrogens is 4. The van der Waals surface area contributed by atoms with Crippen LogP contribution in [0.15, 0.2) is 6.20 Å². The Kier molecular flexibility index (Phi) is 5.32. The zero-order valence-corrected chi connectivity index (χ0v) is 12.9. The highest BCUT2D eigenvalue weighted by Crippen LogP contribution is 2.17. The molecule has 0 unspecified atom stereocenters. The van der Waals surface area contributed by atoms with Gasteiger partial charge in [-0.3, -0.25) is 14.2 Å². The number of carbonyl (C=O) groups is 1. The summed E-state index contributed by atoms with van der Waals surface area (Å²) in [5.74, 6) is 0.0373. The molecular formula is C14H23N5O2. The molecule has 1 amide bonds. The zero-order chi connectivity index (χ0) is 15.2. The molecule has 21 heavy (non-hydrogen) atoms. The average Bonchev–Trinajstić information content (AvgIpc) is 3.03. The van der Waals surface area contributed by atoms with Gasteiger partial charge in [0.15, 0.2) is 0 Å². The highest BCUT2D eigenvalue weighted by Gasteiger charge is 2.13. The van der Waals surface area contributed by atoms with Crippen LogP contribution >= 0.6 is 0 Å². The van der Waals surface area contributed by atoms with E-state index in [9.17, 15) is 4.79 Å². The van der Waals surface area contributed by atoms with Crippen LogP contribution in [-0.4, -0.2) is 45.7 Å². The molecule has 0 fully saturated rings. The van der Waals surface area contributed by atoms with Gasteiger partial charge in [-0.15, -0.1) is 0 Å². The van der Waals surface area contributed by atoms with Gasteiger partial charge in [-0.1, -0.05) is 0 Å². The third kappa shape index (κ3) is 3.60. The van der Waals surface area contributed by atoms with Crippen molar-refractivity contribution in [1.82, 2.24) is 24.9 Å². The third-order valence-electron chi connectivity index (χ3n) is 3.41. The first-order chi connectivity index (χ1) is 10.2. The number of carbonyl (C=O) groups excluding carboxylic acids is 1. The lowest BCUT2D eigenvalue weighted by Gasteiger charge is -2.05. The number of rotatable bonds is 8. The first-order valence-corrected chi connectivity index (χ1v) is 7.32. The van der Waals surface area contributed by atoms with E-state index in [0.29, 0.717) is 26.1 Å². The second kappa shape index (κ2) is 7.21. The summed E-state index contributed by atoms with van der Waals surface area (Å²) in [5.41, 5.74) is 2.99. The quantitative estimate of drug-likeness (QED) is 0.740. The van der Waals surface area contributed by atoms with Gasteiger partial charge in [-0.2, -0.15) is 10.2 Å². The molecule has 0 aliphatic carbocycles. The van der Waals surface area contributed by atoms with Crippen LogP contribution in [0.4, 0.5) is 0 Å². The molecule has 0 aliphatic heterocycles. The normalized spacial score (nSPS) is 11.2. The molecule has 0 radical (unpaired) electrons. The molecule has 1 N–H and O–H groups in total. The Morgan fingerprint density at radius 2 is 2.24 bits per heavy atom. The van der Waals surface area contributed by atoms with Gasteiger partial charge < -0.3 is 10.1 Å².